The Morgan fingerprint density at radius 3 is 2.46 bits per heavy atom. The minimum atomic E-state index is -0.585. The molecule has 1 unspecified atom stereocenters. The lowest BCUT2D eigenvalue weighted by atomic mass is 9.90. The molecule has 0 radical (unpaired) electrons. The van der Waals surface area contributed by atoms with E-state index in [4.69, 9.17) is 5.10 Å². The first-order valence-corrected chi connectivity index (χ1v) is 12.8. The van der Waals surface area contributed by atoms with Crippen molar-refractivity contribution in [2.75, 3.05) is 10.6 Å². The maximum Gasteiger partial charge on any atom is 0.257 e. The third-order valence-electron chi connectivity index (χ3n) is 6.74. The van der Waals surface area contributed by atoms with E-state index in [0.717, 1.165) is 33.8 Å². The van der Waals surface area contributed by atoms with Crippen molar-refractivity contribution < 1.29 is 4.79 Å². The number of aryl methyl sites for hydroxylation is 1. The number of nitrogens with zero attached hydrogens (tertiary/aromatic N) is 6. The summed E-state index contributed by atoms with van der Waals surface area (Å²) in [6, 6.07) is 23.0. The zero-order valence-electron chi connectivity index (χ0n) is 21.9. The normalized spacial score (nSPS) is 14.7. The second-order valence-corrected chi connectivity index (χ2v) is 9.79. The summed E-state index contributed by atoms with van der Waals surface area (Å²) in [4.78, 5) is 22.8. The molecule has 2 aromatic carbocycles. The molecular formula is C30H28N8O. The van der Waals surface area contributed by atoms with Gasteiger partial charge in [0.05, 0.1) is 17.0 Å². The van der Waals surface area contributed by atoms with Crippen LogP contribution in [-0.2, 0) is 4.79 Å². The van der Waals surface area contributed by atoms with Crippen LogP contribution in [0.25, 0.3) is 16.9 Å². The van der Waals surface area contributed by atoms with Gasteiger partial charge < -0.3 is 10.6 Å². The molecule has 4 heterocycles. The lowest BCUT2D eigenvalue weighted by Crippen LogP contribution is -2.33. The lowest BCUT2D eigenvalue weighted by molar-refractivity contribution is -0.113. The Kier molecular flexibility index (Phi) is 6.24. The van der Waals surface area contributed by atoms with Gasteiger partial charge in [-0.25, -0.2) is 14.3 Å². The number of nitrogens with one attached hydrogen (secondary N) is 2. The summed E-state index contributed by atoms with van der Waals surface area (Å²) in [5.41, 5.74) is 5.92. The predicted molar refractivity (Wildman–Crippen MR) is 150 cm³/mol. The fraction of sp³-hybridized carbons (Fsp3) is 0.167. The van der Waals surface area contributed by atoms with E-state index in [2.05, 4.69) is 56.9 Å². The summed E-state index contributed by atoms with van der Waals surface area (Å²) in [6.45, 7) is 6.15. The van der Waals surface area contributed by atoms with E-state index in [1.54, 1.807) is 16.9 Å². The summed E-state index contributed by atoms with van der Waals surface area (Å²) < 4.78 is 3.61. The quantitative estimate of drug-likeness (QED) is 0.313. The van der Waals surface area contributed by atoms with Gasteiger partial charge in [-0.3, -0.25) is 4.79 Å². The highest BCUT2D eigenvalue weighted by molar-refractivity contribution is 6.05. The summed E-state index contributed by atoms with van der Waals surface area (Å²) in [5, 5.41) is 15.9. The summed E-state index contributed by atoms with van der Waals surface area (Å²) in [7, 11) is 0. The minimum absolute atomic E-state index is 0.00873. The number of para-hydroxylation sites is 1. The minimum Gasteiger partial charge on any atom is -0.327 e. The molecule has 0 aliphatic carbocycles. The molecule has 1 amide bonds. The highest BCUT2D eigenvalue weighted by Crippen LogP contribution is 2.41. The number of carbonyl (C=O) groups is 1. The Bertz CT molecular complexity index is 1650. The summed E-state index contributed by atoms with van der Waals surface area (Å²) in [5.74, 6) is 0.785. The molecule has 1 aliphatic rings. The average molecular weight is 517 g/mol. The highest BCUT2D eigenvalue weighted by atomic mass is 16.1. The van der Waals surface area contributed by atoms with Crippen molar-refractivity contribution in [3.8, 4) is 16.9 Å². The van der Waals surface area contributed by atoms with Crippen molar-refractivity contribution in [1.29, 1.82) is 0 Å². The maximum atomic E-state index is 14.0. The van der Waals surface area contributed by atoms with Gasteiger partial charge in [-0.1, -0.05) is 67.9 Å². The van der Waals surface area contributed by atoms with E-state index in [-0.39, 0.29) is 11.8 Å². The molecule has 5 aromatic rings. The van der Waals surface area contributed by atoms with E-state index in [0.29, 0.717) is 17.3 Å². The van der Waals surface area contributed by atoms with Crippen LogP contribution in [0.2, 0.25) is 0 Å². The lowest BCUT2D eigenvalue weighted by Gasteiger charge is -2.31. The van der Waals surface area contributed by atoms with Crippen LogP contribution in [0.15, 0.2) is 103 Å². The Morgan fingerprint density at radius 2 is 1.74 bits per heavy atom. The fourth-order valence-corrected chi connectivity index (χ4v) is 4.83. The predicted octanol–water partition coefficient (Wildman–Crippen LogP) is 5.40. The number of anilines is 2. The second kappa shape index (κ2) is 10.0. The zero-order chi connectivity index (χ0) is 26.9. The first kappa shape index (κ1) is 24.3. The van der Waals surface area contributed by atoms with Gasteiger partial charge in [-0.2, -0.15) is 15.2 Å². The third-order valence-corrected chi connectivity index (χ3v) is 6.74. The molecule has 1 aliphatic heterocycles. The SMILES string of the molecule is Cc1ccc(-c2nn(-c3ccccc3)cc2C2C(C(=O)Nc3ccccn3)=C(C(C)C)Nc3ncnn32)cc1. The van der Waals surface area contributed by atoms with Crippen molar-refractivity contribution in [3.05, 3.63) is 114 Å². The van der Waals surface area contributed by atoms with Gasteiger partial charge in [0.1, 0.15) is 18.2 Å². The molecule has 0 spiro atoms. The van der Waals surface area contributed by atoms with Gasteiger partial charge >= 0.3 is 0 Å². The molecule has 0 saturated carbocycles. The van der Waals surface area contributed by atoms with Gasteiger partial charge in [0.2, 0.25) is 5.95 Å². The molecule has 0 fully saturated rings. The van der Waals surface area contributed by atoms with Crippen molar-refractivity contribution in [2.24, 2.45) is 5.92 Å². The van der Waals surface area contributed by atoms with E-state index >= 15 is 0 Å². The monoisotopic (exact) mass is 516 g/mol. The number of benzene rings is 2. The Balaban J connectivity index is 1.57. The molecule has 9 nitrogen and oxygen atoms in total. The largest absolute Gasteiger partial charge is 0.327 e. The van der Waals surface area contributed by atoms with Gasteiger partial charge in [0.15, 0.2) is 0 Å². The average Bonchev–Trinajstić information content (AvgIpc) is 3.61. The number of fused-ring (bicyclic) bond motifs is 1. The molecule has 0 bridgehead atoms. The Hall–Kier alpha value is -5.05. The number of carbonyl (C=O) groups excluding carboxylic acids is 1. The van der Waals surface area contributed by atoms with Crippen LogP contribution in [-0.4, -0.2) is 35.4 Å². The summed E-state index contributed by atoms with van der Waals surface area (Å²) >= 11 is 0. The molecule has 2 N–H and O–H groups in total. The van der Waals surface area contributed by atoms with Crippen LogP contribution >= 0.6 is 0 Å². The van der Waals surface area contributed by atoms with Crippen molar-refractivity contribution in [1.82, 2.24) is 29.5 Å². The smallest absolute Gasteiger partial charge is 0.257 e. The van der Waals surface area contributed by atoms with Gasteiger partial charge in [-0.15, -0.1) is 0 Å². The van der Waals surface area contributed by atoms with Crippen LogP contribution in [0.5, 0.6) is 0 Å². The van der Waals surface area contributed by atoms with Gasteiger partial charge in [0.25, 0.3) is 5.91 Å². The topological polar surface area (TPSA) is 103 Å². The third kappa shape index (κ3) is 4.59. The Labute approximate surface area is 226 Å². The second-order valence-electron chi connectivity index (χ2n) is 9.79. The molecule has 3 aromatic heterocycles. The molecule has 39 heavy (non-hydrogen) atoms. The van der Waals surface area contributed by atoms with Crippen LogP contribution < -0.4 is 10.6 Å². The fourth-order valence-electron chi connectivity index (χ4n) is 4.83. The Morgan fingerprint density at radius 1 is 0.974 bits per heavy atom. The van der Waals surface area contributed by atoms with E-state index in [9.17, 15) is 4.79 Å². The van der Waals surface area contributed by atoms with Crippen molar-refractivity contribution in [2.45, 2.75) is 26.8 Å². The first-order chi connectivity index (χ1) is 19.0. The van der Waals surface area contributed by atoms with Crippen LogP contribution in [0, 0.1) is 12.8 Å². The molecular weight excluding hydrogens is 488 g/mol. The van der Waals surface area contributed by atoms with E-state index < -0.39 is 6.04 Å². The van der Waals surface area contributed by atoms with Crippen molar-refractivity contribution >= 4 is 17.7 Å². The van der Waals surface area contributed by atoms with E-state index in [1.165, 1.54) is 6.33 Å². The number of amides is 1. The molecule has 6 rings (SSSR count). The zero-order valence-corrected chi connectivity index (χ0v) is 21.9. The van der Waals surface area contributed by atoms with Crippen molar-refractivity contribution in [3.63, 3.8) is 0 Å². The standard InChI is InChI=1S/C30H28N8O/c1-19(2)26-25(29(39)34-24-11-7-8-16-31-24)28(38-30(35-26)32-18-33-38)23-17-37(22-9-5-4-6-10-22)36-27(23)21-14-12-20(3)13-15-21/h4-19,28H,1-3H3,(H,31,34,39)(H,32,33,35). The molecule has 9 heteroatoms. The van der Waals surface area contributed by atoms with Crippen LogP contribution in [0.4, 0.5) is 11.8 Å². The number of hydrogen-bond donors (Lipinski definition) is 2. The number of rotatable bonds is 6. The molecule has 194 valence electrons. The number of allylic oxidation sites excluding steroid dienone is 1. The van der Waals surface area contributed by atoms with Crippen LogP contribution in [0.3, 0.4) is 0 Å². The first-order valence-electron chi connectivity index (χ1n) is 12.8. The summed E-state index contributed by atoms with van der Waals surface area (Å²) in [6.07, 6.45) is 5.14. The highest BCUT2D eigenvalue weighted by Gasteiger charge is 2.38. The number of pyridine rings is 1. The maximum absolute atomic E-state index is 14.0. The van der Waals surface area contributed by atoms with E-state index in [1.807, 2.05) is 67.2 Å². The number of aromatic nitrogens is 6. The number of hydrogen-bond acceptors (Lipinski definition) is 6. The van der Waals surface area contributed by atoms with Gasteiger partial charge in [0, 0.05) is 29.2 Å². The van der Waals surface area contributed by atoms with Crippen LogP contribution in [0.1, 0.15) is 31.0 Å². The molecule has 1 atom stereocenters. The molecule has 0 saturated heterocycles. The van der Waals surface area contributed by atoms with Gasteiger partial charge in [-0.05, 0) is 37.1 Å².